The van der Waals surface area contributed by atoms with Gasteiger partial charge in [0, 0.05) is 7.05 Å². The standard InChI is InChI=1S/C7H16N2O.C2H6/c1-4-5(2)6(8)7(10)9-3;1-2/h5-6H,4,8H2,1-3H3,(H,9,10);1-2H3/t5-,6?;/m0./s1. The summed E-state index contributed by atoms with van der Waals surface area (Å²) in [6.07, 6.45) is 0.939. The molecule has 1 unspecified atom stereocenters. The smallest absolute Gasteiger partial charge is 0.236 e. The molecule has 0 aromatic heterocycles. The molecule has 3 heteroatoms. The van der Waals surface area contributed by atoms with E-state index in [0.717, 1.165) is 6.42 Å². The Hall–Kier alpha value is -0.570. The first kappa shape index (κ1) is 14.0. The van der Waals surface area contributed by atoms with Crippen molar-refractivity contribution in [2.75, 3.05) is 7.05 Å². The Bertz CT molecular complexity index is 115. The topological polar surface area (TPSA) is 55.1 Å². The summed E-state index contributed by atoms with van der Waals surface area (Å²) >= 11 is 0. The molecule has 0 radical (unpaired) electrons. The summed E-state index contributed by atoms with van der Waals surface area (Å²) in [5.74, 6) is 0.189. The maximum absolute atomic E-state index is 10.9. The van der Waals surface area contributed by atoms with E-state index in [4.69, 9.17) is 5.73 Å². The number of likely N-dealkylation sites (N-methyl/N-ethyl adjacent to an activating group) is 1. The number of carbonyl (C=O) groups excluding carboxylic acids is 1. The van der Waals surface area contributed by atoms with Crippen LogP contribution in [0.15, 0.2) is 0 Å². The van der Waals surface area contributed by atoms with Crippen LogP contribution < -0.4 is 11.1 Å². The van der Waals surface area contributed by atoms with Crippen molar-refractivity contribution in [1.82, 2.24) is 5.32 Å². The fraction of sp³-hybridized carbons (Fsp3) is 0.889. The molecular weight excluding hydrogens is 152 g/mol. The molecule has 3 nitrogen and oxygen atoms in total. The van der Waals surface area contributed by atoms with Crippen LogP contribution in [-0.4, -0.2) is 19.0 Å². The summed E-state index contributed by atoms with van der Waals surface area (Å²) in [6, 6.07) is -0.352. The molecule has 0 aromatic rings. The predicted octanol–water partition coefficient (Wildman–Crippen LogP) is 1.13. The number of nitrogens with one attached hydrogen (secondary N) is 1. The van der Waals surface area contributed by atoms with Gasteiger partial charge in [-0.05, 0) is 5.92 Å². The van der Waals surface area contributed by atoms with Gasteiger partial charge in [0.05, 0.1) is 6.04 Å². The fourth-order valence-electron chi connectivity index (χ4n) is 0.679. The summed E-state index contributed by atoms with van der Waals surface area (Å²) in [7, 11) is 1.60. The molecule has 0 bridgehead atoms. The molecule has 0 saturated carbocycles. The zero-order valence-corrected chi connectivity index (χ0v) is 8.85. The van der Waals surface area contributed by atoms with E-state index < -0.39 is 0 Å². The lowest BCUT2D eigenvalue weighted by atomic mass is 10.00. The molecular formula is C9H22N2O. The van der Waals surface area contributed by atoms with Crippen LogP contribution in [0.25, 0.3) is 0 Å². The van der Waals surface area contributed by atoms with E-state index in [0.29, 0.717) is 0 Å². The van der Waals surface area contributed by atoms with Crippen LogP contribution in [0.4, 0.5) is 0 Å². The Labute approximate surface area is 75.7 Å². The second-order valence-corrected chi connectivity index (χ2v) is 2.53. The first-order chi connectivity index (χ1) is 5.63. The molecule has 12 heavy (non-hydrogen) atoms. The third kappa shape index (κ3) is 5.13. The van der Waals surface area contributed by atoms with Crippen LogP contribution in [-0.2, 0) is 4.79 Å². The van der Waals surface area contributed by atoms with Gasteiger partial charge in [0.15, 0.2) is 0 Å². The lowest BCUT2D eigenvalue weighted by molar-refractivity contribution is -0.122. The summed E-state index contributed by atoms with van der Waals surface area (Å²) in [6.45, 7) is 7.99. The van der Waals surface area contributed by atoms with Gasteiger partial charge < -0.3 is 11.1 Å². The van der Waals surface area contributed by atoms with E-state index in [-0.39, 0.29) is 17.9 Å². The average molecular weight is 174 g/mol. The van der Waals surface area contributed by atoms with Crippen molar-refractivity contribution < 1.29 is 4.79 Å². The Morgan fingerprint density at radius 2 is 1.92 bits per heavy atom. The zero-order valence-electron chi connectivity index (χ0n) is 8.85. The Kier molecular flexibility index (Phi) is 9.93. The van der Waals surface area contributed by atoms with Crippen LogP contribution in [0, 0.1) is 5.92 Å². The third-order valence-electron chi connectivity index (χ3n) is 1.81. The molecule has 0 spiro atoms. The molecule has 0 saturated heterocycles. The summed E-state index contributed by atoms with van der Waals surface area (Å²) in [5.41, 5.74) is 5.57. The molecule has 3 N–H and O–H groups in total. The SMILES string of the molecule is CC.CC[C@H](C)C(N)C(=O)NC. The first-order valence-electron chi connectivity index (χ1n) is 4.60. The third-order valence-corrected chi connectivity index (χ3v) is 1.81. The molecule has 0 aliphatic rings. The van der Waals surface area contributed by atoms with Crippen LogP contribution in [0.3, 0.4) is 0 Å². The van der Waals surface area contributed by atoms with Crippen molar-refractivity contribution in [1.29, 1.82) is 0 Å². The number of hydrogen-bond donors (Lipinski definition) is 2. The molecule has 74 valence electrons. The maximum Gasteiger partial charge on any atom is 0.236 e. The van der Waals surface area contributed by atoms with Crippen molar-refractivity contribution in [3.8, 4) is 0 Å². The van der Waals surface area contributed by atoms with Crippen LogP contribution in [0.2, 0.25) is 0 Å². The monoisotopic (exact) mass is 174 g/mol. The Balaban J connectivity index is 0. The van der Waals surface area contributed by atoms with Crippen LogP contribution in [0.5, 0.6) is 0 Å². The summed E-state index contributed by atoms with van der Waals surface area (Å²) in [5, 5.41) is 2.52. The van der Waals surface area contributed by atoms with Gasteiger partial charge >= 0.3 is 0 Å². The molecule has 0 heterocycles. The van der Waals surface area contributed by atoms with Gasteiger partial charge in [-0.25, -0.2) is 0 Å². The molecule has 0 aliphatic heterocycles. The molecule has 0 aromatic carbocycles. The van der Waals surface area contributed by atoms with E-state index in [9.17, 15) is 4.79 Å². The van der Waals surface area contributed by atoms with E-state index in [1.54, 1.807) is 7.05 Å². The Morgan fingerprint density at radius 1 is 1.50 bits per heavy atom. The normalized spacial score (nSPS) is 13.8. The molecule has 1 amide bonds. The quantitative estimate of drug-likeness (QED) is 0.674. The maximum atomic E-state index is 10.9. The van der Waals surface area contributed by atoms with Crippen LogP contribution >= 0.6 is 0 Å². The van der Waals surface area contributed by atoms with Gasteiger partial charge in [0.1, 0.15) is 0 Å². The van der Waals surface area contributed by atoms with Gasteiger partial charge in [-0.3, -0.25) is 4.79 Å². The van der Waals surface area contributed by atoms with E-state index >= 15 is 0 Å². The molecule has 0 rings (SSSR count). The zero-order chi connectivity index (χ0) is 10.1. The van der Waals surface area contributed by atoms with Crippen molar-refractivity contribution in [2.24, 2.45) is 11.7 Å². The largest absolute Gasteiger partial charge is 0.358 e. The highest BCUT2D eigenvalue weighted by molar-refractivity contribution is 5.81. The highest BCUT2D eigenvalue weighted by Crippen LogP contribution is 2.04. The highest BCUT2D eigenvalue weighted by atomic mass is 16.2. The average Bonchev–Trinajstić information content (AvgIpc) is 2.17. The van der Waals surface area contributed by atoms with Gasteiger partial charge in [-0.1, -0.05) is 34.1 Å². The van der Waals surface area contributed by atoms with Gasteiger partial charge in [0.25, 0.3) is 0 Å². The van der Waals surface area contributed by atoms with Crippen molar-refractivity contribution in [3.63, 3.8) is 0 Å². The second kappa shape index (κ2) is 8.53. The van der Waals surface area contributed by atoms with Gasteiger partial charge in [-0.15, -0.1) is 0 Å². The van der Waals surface area contributed by atoms with Gasteiger partial charge in [0.2, 0.25) is 5.91 Å². The van der Waals surface area contributed by atoms with Gasteiger partial charge in [-0.2, -0.15) is 0 Å². The molecule has 0 fully saturated rings. The van der Waals surface area contributed by atoms with E-state index in [1.807, 2.05) is 27.7 Å². The number of nitrogens with two attached hydrogens (primary N) is 1. The van der Waals surface area contributed by atoms with E-state index in [1.165, 1.54) is 0 Å². The van der Waals surface area contributed by atoms with Crippen LogP contribution in [0.1, 0.15) is 34.1 Å². The second-order valence-electron chi connectivity index (χ2n) is 2.53. The van der Waals surface area contributed by atoms with E-state index in [2.05, 4.69) is 5.32 Å². The van der Waals surface area contributed by atoms with Crippen molar-refractivity contribution >= 4 is 5.91 Å². The molecule has 2 atom stereocenters. The fourth-order valence-corrected chi connectivity index (χ4v) is 0.679. The number of hydrogen-bond acceptors (Lipinski definition) is 2. The minimum atomic E-state index is -0.352. The van der Waals surface area contributed by atoms with Crippen molar-refractivity contribution in [3.05, 3.63) is 0 Å². The highest BCUT2D eigenvalue weighted by Gasteiger charge is 2.17. The lowest BCUT2D eigenvalue weighted by Crippen LogP contribution is -2.43. The first-order valence-corrected chi connectivity index (χ1v) is 4.60. The summed E-state index contributed by atoms with van der Waals surface area (Å²) < 4.78 is 0. The molecule has 0 aliphatic carbocycles. The predicted molar refractivity (Wildman–Crippen MR) is 52.8 cm³/mol. The minimum absolute atomic E-state index is 0.0747. The minimum Gasteiger partial charge on any atom is -0.358 e. The lowest BCUT2D eigenvalue weighted by Gasteiger charge is -2.15. The summed E-state index contributed by atoms with van der Waals surface area (Å²) in [4.78, 5) is 10.9. The number of amides is 1. The van der Waals surface area contributed by atoms with Crippen molar-refractivity contribution in [2.45, 2.75) is 40.2 Å². The number of carbonyl (C=O) groups is 1. The Morgan fingerprint density at radius 3 is 2.17 bits per heavy atom. The number of rotatable bonds is 3.